The highest BCUT2D eigenvalue weighted by Crippen LogP contribution is 2.39. The van der Waals surface area contributed by atoms with Crippen molar-refractivity contribution in [2.24, 2.45) is 0 Å². The minimum Gasteiger partial charge on any atom is -0.453 e. The fourth-order valence-electron chi connectivity index (χ4n) is 1.68. The quantitative estimate of drug-likeness (QED) is 0.771. The van der Waals surface area contributed by atoms with E-state index in [0.717, 1.165) is 15.6 Å². The Morgan fingerprint density at radius 3 is 2.93 bits per heavy atom. The van der Waals surface area contributed by atoms with Crippen LogP contribution >= 0.6 is 27.5 Å². The number of rotatable bonds is 2. The van der Waals surface area contributed by atoms with E-state index in [1.165, 1.54) is 0 Å². The Morgan fingerprint density at radius 1 is 1.47 bits per heavy atom. The Balaban J connectivity index is 2.20. The molecule has 0 spiro atoms. The van der Waals surface area contributed by atoms with Gasteiger partial charge in [0.2, 0.25) is 0 Å². The number of ether oxygens (including phenoxy) is 1. The summed E-state index contributed by atoms with van der Waals surface area (Å²) < 4.78 is 5.82. The summed E-state index contributed by atoms with van der Waals surface area (Å²) in [4.78, 5) is 10.5. The van der Waals surface area contributed by atoms with Gasteiger partial charge in [-0.3, -0.25) is 0 Å². The maximum atomic E-state index is 10.5. The first-order valence-corrected chi connectivity index (χ1v) is 5.64. The fourth-order valence-corrected chi connectivity index (χ4v) is 2.36. The molecule has 0 fully saturated rings. The van der Waals surface area contributed by atoms with Gasteiger partial charge < -0.3 is 4.74 Å². The van der Waals surface area contributed by atoms with E-state index in [0.29, 0.717) is 0 Å². The molecule has 2 rings (SSSR count). The topological polar surface area (TPSA) is 26.3 Å². The number of benzene rings is 1. The highest BCUT2D eigenvalue weighted by molar-refractivity contribution is 9.11. The molecular formula is C11H8BrClO2. The van der Waals surface area contributed by atoms with Crippen molar-refractivity contribution in [1.29, 1.82) is 0 Å². The Morgan fingerprint density at radius 2 is 2.20 bits per heavy atom. The summed E-state index contributed by atoms with van der Waals surface area (Å²) in [5, 5.41) is 0. The smallest absolute Gasteiger partial charge is 0.403 e. The lowest BCUT2D eigenvalue weighted by Gasteiger charge is -2.12. The van der Waals surface area contributed by atoms with Crippen molar-refractivity contribution >= 4 is 39.0 Å². The molecule has 78 valence electrons. The third kappa shape index (κ3) is 2.24. The molecule has 0 saturated carbocycles. The van der Waals surface area contributed by atoms with Crippen LogP contribution in [-0.2, 0) is 4.74 Å². The van der Waals surface area contributed by atoms with Crippen molar-refractivity contribution in [3.05, 3.63) is 39.9 Å². The largest absolute Gasteiger partial charge is 0.453 e. The van der Waals surface area contributed by atoms with Crippen molar-refractivity contribution < 1.29 is 9.53 Å². The number of fused-ring (bicyclic) bond motifs is 1. The zero-order chi connectivity index (χ0) is 10.8. The van der Waals surface area contributed by atoms with Gasteiger partial charge in [-0.25, -0.2) is 4.79 Å². The first-order chi connectivity index (χ1) is 7.18. The van der Waals surface area contributed by atoms with E-state index in [1.807, 2.05) is 30.3 Å². The Labute approximate surface area is 101 Å². The summed E-state index contributed by atoms with van der Waals surface area (Å²) in [6, 6.07) is 7.99. The molecule has 0 bridgehead atoms. The molecule has 1 aliphatic carbocycles. The van der Waals surface area contributed by atoms with Crippen molar-refractivity contribution in [1.82, 2.24) is 0 Å². The number of carbonyl (C=O) groups is 1. The van der Waals surface area contributed by atoms with Crippen LogP contribution in [0.4, 0.5) is 4.79 Å². The molecule has 0 N–H and O–H groups in total. The van der Waals surface area contributed by atoms with Crippen LogP contribution in [0.3, 0.4) is 0 Å². The van der Waals surface area contributed by atoms with Crippen LogP contribution in [0.15, 0.2) is 28.7 Å². The van der Waals surface area contributed by atoms with Gasteiger partial charge in [0.05, 0.1) is 5.92 Å². The molecular weight excluding hydrogens is 279 g/mol. The van der Waals surface area contributed by atoms with E-state index in [-0.39, 0.29) is 12.5 Å². The SMILES string of the molecule is O=C(Cl)OCC1C(Br)=Cc2ccccc21. The number of halogens is 2. The molecule has 2 nitrogen and oxygen atoms in total. The summed E-state index contributed by atoms with van der Waals surface area (Å²) in [6.45, 7) is 0.274. The van der Waals surface area contributed by atoms with Gasteiger partial charge in [-0.1, -0.05) is 40.2 Å². The van der Waals surface area contributed by atoms with Gasteiger partial charge >= 0.3 is 5.43 Å². The van der Waals surface area contributed by atoms with E-state index in [2.05, 4.69) is 15.9 Å². The van der Waals surface area contributed by atoms with Crippen molar-refractivity contribution in [3.8, 4) is 0 Å². The van der Waals surface area contributed by atoms with Crippen LogP contribution in [0, 0.1) is 0 Å². The van der Waals surface area contributed by atoms with E-state index >= 15 is 0 Å². The number of hydrogen-bond donors (Lipinski definition) is 0. The van der Waals surface area contributed by atoms with Gasteiger partial charge in [-0.15, -0.1) is 0 Å². The predicted molar refractivity (Wildman–Crippen MR) is 63.3 cm³/mol. The maximum absolute atomic E-state index is 10.5. The van der Waals surface area contributed by atoms with Crippen molar-refractivity contribution in [3.63, 3.8) is 0 Å². The second-order valence-corrected chi connectivity index (χ2v) is 4.48. The lowest BCUT2D eigenvalue weighted by Crippen LogP contribution is -2.07. The minimum absolute atomic E-state index is 0.0731. The highest BCUT2D eigenvalue weighted by atomic mass is 79.9. The van der Waals surface area contributed by atoms with Gasteiger partial charge in [0.15, 0.2) is 0 Å². The van der Waals surface area contributed by atoms with Gasteiger partial charge in [-0.05, 0) is 17.2 Å². The maximum Gasteiger partial charge on any atom is 0.403 e. The molecule has 1 atom stereocenters. The van der Waals surface area contributed by atoms with Crippen molar-refractivity contribution in [2.45, 2.75) is 5.92 Å². The zero-order valence-electron chi connectivity index (χ0n) is 7.74. The van der Waals surface area contributed by atoms with E-state index in [4.69, 9.17) is 16.3 Å². The standard InChI is InChI=1S/C11H8BrClO2/c12-10-5-7-3-1-2-4-8(7)9(10)6-15-11(13)14/h1-5,9H,6H2. The minimum atomic E-state index is -0.764. The molecule has 0 aromatic heterocycles. The average molecular weight is 288 g/mol. The Kier molecular flexibility index (Phi) is 3.12. The molecule has 1 aromatic rings. The number of carbonyl (C=O) groups excluding carboxylic acids is 1. The molecule has 4 heteroatoms. The zero-order valence-corrected chi connectivity index (χ0v) is 10.1. The Bertz CT molecular complexity index is 428. The second kappa shape index (κ2) is 4.37. The summed E-state index contributed by atoms with van der Waals surface area (Å²) in [5.74, 6) is 0.0731. The van der Waals surface area contributed by atoms with Crippen LogP contribution in [-0.4, -0.2) is 12.0 Å². The Hall–Kier alpha value is -0.800. The van der Waals surface area contributed by atoms with E-state index in [1.54, 1.807) is 0 Å². The summed E-state index contributed by atoms with van der Waals surface area (Å²) >= 11 is 8.60. The monoisotopic (exact) mass is 286 g/mol. The fraction of sp³-hybridized carbons (Fsp3) is 0.182. The highest BCUT2D eigenvalue weighted by Gasteiger charge is 2.24. The van der Waals surface area contributed by atoms with E-state index < -0.39 is 5.43 Å². The molecule has 15 heavy (non-hydrogen) atoms. The van der Waals surface area contributed by atoms with Crippen LogP contribution in [0.5, 0.6) is 0 Å². The predicted octanol–water partition coefficient (Wildman–Crippen LogP) is 3.90. The van der Waals surface area contributed by atoms with Crippen LogP contribution in [0.25, 0.3) is 6.08 Å². The lowest BCUT2D eigenvalue weighted by molar-refractivity contribution is 0.170. The van der Waals surface area contributed by atoms with Gasteiger partial charge in [-0.2, -0.15) is 0 Å². The normalized spacial score (nSPS) is 18.3. The molecule has 0 heterocycles. The first kappa shape index (κ1) is 10.7. The summed E-state index contributed by atoms with van der Waals surface area (Å²) in [6.07, 6.45) is 2.03. The average Bonchev–Trinajstić information content (AvgIpc) is 2.50. The molecule has 0 saturated heterocycles. The van der Waals surface area contributed by atoms with Gasteiger partial charge in [0.1, 0.15) is 6.61 Å². The molecule has 0 amide bonds. The van der Waals surface area contributed by atoms with Crippen LogP contribution in [0.1, 0.15) is 17.0 Å². The van der Waals surface area contributed by atoms with Gasteiger partial charge in [0, 0.05) is 16.1 Å². The first-order valence-electron chi connectivity index (χ1n) is 4.47. The van der Waals surface area contributed by atoms with Crippen LogP contribution in [0.2, 0.25) is 0 Å². The lowest BCUT2D eigenvalue weighted by atomic mass is 10.0. The van der Waals surface area contributed by atoms with Gasteiger partial charge in [0.25, 0.3) is 0 Å². The molecule has 1 unspecified atom stereocenters. The third-order valence-corrected chi connectivity index (χ3v) is 3.25. The van der Waals surface area contributed by atoms with E-state index in [9.17, 15) is 4.79 Å². The second-order valence-electron chi connectivity index (χ2n) is 3.26. The third-order valence-electron chi connectivity index (χ3n) is 2.36. The van der Waals surface area contributed by atoms with Crippen LogP contribution < -0.4 is 0 Å². The molecule has 1 aliphatic rings. The van der Waals surface area contributed by atoms with Crippen molar-refractivity contribution in [2.75, 3.05) is 6.61 Å². The summed E-state index contributed by atoms with van der Waals surface area (Å²) in [5.41, 5.74) is 1.54. The number of hydrogen-bond acceptors (Lipinski definition) is 2. The molecule has 0 radical (unpaired) electrons. The summed E-state index contributed by atoms with van der Waals surface area (Å²) in [7, 11) is 0. The molecule has 0 aliphatic heterocycles. The molecule has 1 aromatic carbocycles.